The van der Waals surface area contributed by atoms with Gasteiger partial charge < -0.3 is 19.7 Å². The summed E-state index contributed by atoms with van der Waals surface area (Å²) in [4.78, 5) is 50.0. The number of anilines is 4. The highest BCUT2D eigenvalue weighted by molar-refractivity contribution is 6.05. The molecule has 3 aliphatic heterocycles. The molecule has 15 heteroatoms. The molecule has 0 unspecified atom stereocenters. The summed E-state index contributed by atoms with van der Waals surface area (Å²) in [6, 6.07) is 14.5. The van der Waals surface area contributed by atoms with E-state index in [1.54, 1.807) is 11.0 Å². The van der Waals surface area contributed by atoms with Gasteiger partial charge in [0, 0.05) is 100 Å². The number of aromatic nitrogens is 5. The zero-order chi connectivity index (χ0) is 37.5. The highest BCUT2D eigenvalue weighted by Gasteiger charge is 2.30. The lowest BCUT2D eigenvalue weighted by Crippen LogP contribution is -2.54. The first kappa shape index (κ1) is 35.5. The van der Waals surface area contributed by atoms with Crippen LogP contribution in [0, 0.1) is 24.5 Å². The van der Waals surface area contributed by atoms with Gasteiger partial charge in [0.1, 0.15) is 22.9 Å². The number of piperazine rings is 1. The van der Waals surface area contributed by atoms with E-state index in [1.165, 1.54) is 6.07 Å². The van der Waals surface area contributed by atoms with Gasteiger partial charge in [-0.25, -0.2) is 33.5 Å². The van der Waals surface area contributed by atoms with Crippen LogP contribution in [0.2, 0.25) is 0 Å². The van der Waals surface area contributed by atoms with Gasteiger partial charge in [0.15, 0.2) is 11.6 Å². The molecule has 3 aromatic heterocycles. The molecule has 0 spiro atoms. The zero-order valence-corrected chi connectivity index (χ0v) is 30.6. The number of aryl methyl sites for hydroxylation is 1. The molecule has 0 aliphatic carbocycles. The molecular formula is C39H43F2N11O2. The van der Waals surface area contributed by atoms with E-state index >= 15 is 4.39 Å². The molecule has 280 valence electrons. The van der Waals surface area contributed by atoms with Crippen molar-refractivity contribution in [2.45, 2.75) is 39.8 Å². The Morgan fingerprint density at radius 3 is 2.31 bits per heavy atom. The Morgan fingerprint density at radius 1 is 0.870 bits per heavy atom. The molecule has 0 radical (unpaired) electrons. The van der Waals surface area contributed by atoms with E-state index in [4.69, 9.17) is 0 Å². The van der Waals surface area contributed by atoms with Gasteiger partial charge in [-0.1, -0.05) is 6.07 Å². The highest BCUT2D eigenvalue weighted by atomic mass is 19.1. The number of hydrogen-bond acceptors (Lipinski definition) is 10. The smallest absolute Gasteiger partial charge is 0.328 e. The summed E-state index contributed by atoms with van der Waals surface area (Å²) in [6.07, 6.45) is 3.22. The van der Waals surface area contributed by atoms with E-state index in [0.717, 1.165) is 75.5 Å². The lowest BCUT2D eigenvalue weighted by molar-refractivity contribution is -0.120. The van der Waals surface area contributed by atoms with Crippen LogP contribution < -0.4 is 20.4 Å². The average molecular weight is 736 g/mol. The molecule has 2 aromatic carbocycles. The minimum Gasteiger partial charge on any atom is -0.371 e. The Balaban J connectivity index is 0.805. The number of imide groups is 1. The zero-order valence-electron chi connectivity index (χ0n) is 30.6. The Labute approximate surface area is 312 Å². The second-order valence-electron chi connectivity index (χ2n) is 14.6. The predicted molar refractivity (Wildman–Crippen MR) is 203 cm³/mol. The van der Waals surface area contributed by atoms with E-state index in [2.05, 4.69) is 57.4 Å². The number of halogens is 2. The number of amides is 3. The predicted octanol–water partition coefficient (Wildman–Crippen LogP) is 5.50. The molecule has 6 heterocycles. The number of urea groups is 1. The van der Waals surface area contributed by atoms with Crippen molar-refractivity contribution in [3.05, 3.63) is 83.9 Å². The number of pyridine rings is 1. The van der Waals surface area contributed by atoms with Crippen molar-refractivity contribution in [2.24, 2.45) is 5.92 Å². The van der Waals surface area contributed by atoms with Gasteiger partial charge in [0.05, 0.1) is 11.7 Å². The van der Waals surface area contributed by atoms with Gasteiger partial charge in [0.2, 0.25) is 11.9 Å². The first-order chi connectivity index (χ1) is 26.1. The third-order valence-corrected chi connectivity index (χ3v) is 10.4. The van der Waals surface area contributed by atoms with Crippen LogP contribution in [-0.2, 0) is 11.3 Å². The number of nitrogens with one attached hydrogen (secondary N) is 2. The van der Waals surface area contributed by atoms with Crippen LogP contribution in [0.25, 0.3) is 22.3 Å². The number of fused-ring (bicyclic) bond motifs is 1. The number of rotatable bonds is 10. The van der Waals surface area contributed by atoms with E-state index in [-0.39, 0.29) is 35.1 Å². The number of nitrogens with zero attached hydrogens (tertiary/aromatic N) is 9. The number of carbonyl (C=O) groups excluding carboxylic acids is 2. The molecule has 2 N–H and O–H groups in total. The van der Waals surface area contributed by atoms with Crippen molar-refractivity contribution in [2.75, 3.05) is 67.5 Å². The molecule has 0 bridgehead atoms. The van der Waals surface area contributed by atoms with Crippen molar-refractivity contribution < 1.29 is 18.4 Å². The number of hydrogen-bond donors (Lipinski definition) is 2. The van der Waals surface area contributed by atoms with Crippen molar-refractivity contribution in [3.63, 3.8) is 0 Å². The maximum Gasteiger partial charge on any atom is 0.328 e. The summed E-state index contributed by atoms with van der Waals surface area (Å²) < 4.78 is 32.0. The van der Waals surface area contributed by atoms with E-state index < -0.39 is 11.6 Å². The van der Waals surface area contributed by atoms with Crippen LogP contribution in [0.3, 0.4) is 0 Å². The molecule has 0 atom stereocenters. The summed E-state index contributed by atoms with van der Waals surface area (Å²) in [5, 5.41) is 5.44. The van der Waals surface area contributed by atoms with Gasteiger partial charge in [-0.05, 0) is 68.8 Å². The van der Waals surface area contributed by atoms with E-state index in [9.17, 15) is 14.0 Å². The number of benzene rings is 2. The second kappa shape index (κ2) is 14.7. The maximum atomic E-state index is 15.1. The Bertz CT molecular complexity index is 2180. The van der Waals surface area contributed by atoms with Crippen LogP contribution in [0.5, 0.6) is 0 Å². The van der Waals surface area contributed by atoms with Gasteiger partial charge in [0.25, 0.3) is 0 Å². The van der Waals surface area contributed by atoms with Crippen LogP contribution in [0.4, 0.5) is 36.7 Å². The number of carbonyl (C=O) groups is 2. The average Bonchev–Trinajstić information content (AvgIpc) is 3.49. The quantitative estimate of drug-likeness (QED) is 0.190. The first-order valence-corrected chi connectivity index (χ1v) is 18.4. The summed E-state index contributed by atoms with van der Waals surface area (Å²) >= 11 is 0. The lowest BCUT2D eigenvalue weighted by atomic mass is 9.98. The Kier molecular flexibility index (Phi) is 9.67. The minimum absolute atomic E-state index is 0.00954. The normalized spacial score (nSPS) is 17.4. The summed E-state index contributed by atoms with van der Waals surface area (Å²) in [5.74, 6) is 0.565. The third-order valence-electron chi connectivity index (χ3n) is 10.4. The molecule has 3 aliphatic rings. The van der Waals surface area contributed by atoms with Gasteiger partial charge >= 0.3 is 6.03 Å². The fourth-order valence-electron chi connectivity index (χ4n) is 7.70. The van der Waals surface area contributed by atoms with Gasteiger partial charge in [-0.2, -0.15) is 0 Å². The SMILES string of the molecule is Cc1nc2c(F)cc(-c3nc(Nc4ccc(CN5CCN(CC6CN(c7ccc(N8CCC(=O)NC8=O)cc7)C6)CC5)cn4)ncc3F)cc2n1C(C)C. The lowest BCUT2D eigenvalue weighted by Gasteiger charge is -2.45. The van der Waals surface area contributed by atoms with Crippen molar-refractivity contribution >= 4 is 46.1 Å². The Hall–Kier alpha value is -5.54. The minimum atomic E-state index is -0.654. The fourth-order valence-corrected chi connectivity index (χ4v) is 7.70. The molecule has 54 heavy (non-hydrogen) atoms. The van der Waals surface area contributed by atoms with Crippen molar-refractivity contribution in [3.8, 4) is 11.3 Å². The van der Waals surface area contributed by atoms with E-state index in [0.29, 0.717) is 41.6 Å². The molecule has 8 rings (SSSR count). The van der Waals surface area contributed by atoms with Gasteiger partial charge in [-0.3, -0.25) is 19.9 Å². The van der Waals surface area contributed by atoms with E-state index in [1.807, 2.05) is 55.8 Å². The summed E-state index contributed by atoms with van der Waals surface area (Å²) in [7, 11) is 0. The van der Waals surface area contributed by atoms with Crippen molar-refractivity contribution in [1.82, 2.24) is 39.6 Å². The van der Waals surface area contributed by atoms with Crippen molar-refractivity contribution in [1.29, 1.82) is 0 Å². The maximum absolute atomic E-state index is 15.1. The fraction of sp³-hybridized carbons (Fsp3) is 0.385. The summed E-state index contributed by atoms with van der Waals surface area (Å²) in [5.41, 5.74) is 4.16. The third kappa shape index (κ3) is 7.33. The highest BCUT2D eigenvalue weighted by Crippen LogP contribution is 2.31. The molecule has 5 aromatic rings. The molecule has 3 fully saturated rings. The monoisotopic (exact) mass is 735 g/mol. The largest absolute Gasteiger partial charge is 0.371 e. The molecule has 3 saturated heterocycles. The second-order valence-corrected chi connectivity index (χ2v) is 14.6. The molecule has 13 nitrogen and oxygen atoms in total. The topological polar surface area (TPSA) is 128 Å². The Morgan fingerprint density at radius 2 is 1.61 bits per heavy atom. The van der Waals surface area contributed by atoms with Crippen LogP contribution in [-0.4, -0.2) is 98.6 Å². The molecule has 3 amide bonds. The van der Waals surface area contributed by atoms with Crippen LogP contribution >= 0.6 is 0 Å². The van der Waals surface area contributed by atoms with Crippen LogP contribution in [0.15, 0.2) is 60.9 Å². The van der Waals surface area contributed by atoms with Gasteiger partial charge in [-0.15, -0.1) is 0 Å². The molecule has 0 saturated carbocycles. The number of imidazole rings is 1. The molecular weight excluding hydrogens is 692 g/mol. The van der Waals surface area contributed by atoms with Crippen LogP contribution in [0.1, 0.15) is 37.7 Å². The first-order valence-electron chi connectivity index (χ1n) is 18.4. The standard InChI is InChI=1S/C39H43F2N11O2/c1-24(2)52-25(3)44-37-31(40)16-28(17-33(37)52)36-32(41)19-43-38(47-36)45-34-9-4-26(18-42-34)20-48-12-14-49(15-13-48)21-27-22-50(23-27)29-5-7-30(8-6-29)51-11-10-35(53)46-39(51)54/h4-9,16-19,24,27H,10-15,20-23H2,1-3H3,(H,46,53,54)(H,42,43,45,47). The summed E-state index contributed by atoms with van der Waals surface area (Å²) in [6.45, 7) is 14.1.